The lowest BCUT2D eigenvalue weighted by atomic mass is 9.95. The smallest absolute Gasteiger partial charge is 0.225 e. The SMILES string of the molecule is CC(CCc1cccc(F)c1)C(=O)N1C[C@@H](N)[C@H](c2ccccc2)C1.Cl. The van der Waals surface area contributed by atoms with Gasteiger partial charge in [-0.05, 0) is 36.1 Å². The number of carbonyl (C=O) groups is 1. The van der Waals surface area contributed by atoms with Gasteiger partial charge in [0.05, 0.1) is 0 Å². The number of nitrogens with zero attached hydrogens (tertiary/aromatic N) is 1. The van der Waals surface area contributed by atoms with Gasteiger partial charge in [0, 0.05) is 31.0 Å². The fraction of sp³-hybridized carbons (Fsp3) is 0.381. The van der Waals surface area contributed by atoms with Crippen molar-refractivity contribution in [2.24, 2.45) is 11.7 Å². The van der Waals surface area contributed by atoms with E-state index in [2.05, 4.69) is 12.1 Å². The van der Waals surface area contributed by atoms with Crippen molar-refractivity contribution in [3.8, 4) is 0 Å². The molecule has 1 fully saturated rings. The summed E-state index contributed by atoms with van der Waals surface area (Å²) >= 11 is 0. The standard InChI is InChI=1S/C21H25FN2O.ClH/c1-15(10-11-16-6-5-9-18(22)12-16)21(25)24-13-19(20(23)14-24)17-7-3-2-4-8-17;/h2-9,12,15,19-20H,10-11,13-14,23H2,1H3;1H/t15?,19-,20+;/m0./s1. The van der Waals surface area contributed by atoms with Crippen LogP contribution in [-0.4, -0.2) is 29.9 Å². The van der Waals surface area contributed by atoms with Crippen molar-refractivity contribution >= 4 is 18.3 Å². The molecule has 3 rings (SSSR count). The number of likely N-dealkylation sites (tertiary alicyclic amines) is 1. The molecule has 1 unspecified atom stereocenters. The predicted molar refractivity (Wildman–Crippen MR) is 105 cm³/mol. The number of nitrogens with two attached hydrogens (primary N) is 1. The lowest BCUT2D eigenvalue weighted by molar-refractivity contribution is -0.134. The maximum absolute atomic E-state index is 13.3. The summed E-state index contributed by atoms with van der Waals surface area (Å²) in [5, 5.41) is 0. The van der Waals surface area contributed by atoms with E-state index in [4.69, 9.17) is 5.73 Å². The lowest BCUT2D eigenvalue weighted by Crippen LogP contribution is -2.35. The lowest BCUT2D eigenvalue weighted by Gasteiger charge is -2.21. The Balaban J connectivity index is 0.00000243. The van der Waals surface area contributed by atoms with Crippen LogP contribution in [0.15, 0.2) is 54.6 Å². The zero-order valence-corrected chi connectivity index (χ0v) is 15.8. The van der Waals surface area contributed by atoms with Crippen molar-refractivity contribution < 1.29 is 9.18 Å². The summed E-state index contributed by atoms with van der Waals surface area (Å²) in [6.07, 6.45) is 1.41. The normalized spacial score (nSPS) is 20.5. The van der Waals surface area contributed by atoms with E-state index in [-0.39, 0.29) is 42.0 Å². The van der Waals surface area contributed by atoms with Crippen LogP contribution in [0.2, 0.25) is 0 Å². The third-order valence-corrected chi connectivity index (χ3v) is 5.08. The molecule has 5 heteroatoms. The van der Waals surface area contributed by atoms with Gasteiger partial charge in [-0.25, -0.2) is 4.39 Å². The van der Waals surface area contributed by atoms with Crippen molar-refractivity contribution in [1.29, 1.82) is 0 Å². The molecule has 0 spiro atoms. The quantitative estimate of drug-likeness (QED) is 0.863. The fourth-order valence-corrected chi connectivity index (χ4v) is 3.57. The van der Waals surface area contributed by atoms with Gasteiger partial charge in [-0.2, -0.15) is 0 Å². The first-order chi connectivity index (χ1) is 12.0. The number of hydrogen-bond donors (Lipinski definition) is 1. The van der Waals surface area contributed by atoms with Crippen LogP contribution < -0.4 is 5.73 Å². The van der Waals surface area contributed by atoms with Crippen LogP contribution in [0.4, 0.5) is 4.39 Å². The molecule has 1 aliphatic rings. The van der Waals surface area contributed by atoms with Gasteiger partial charge in [0.25, 0.3) is 0 Å². The minimum atomic E-state index is -0.229. The van der Waals surface area contributed by atoms with Crippen molar-refractivity contribution in [2.75, 3.05) is 13.1 Å². The minimum Gasteiger partial charge on any atom is -0.340 e. The summed E-state index contributed by atoms with van der Waals surface area (Å²) in [6.45, 7) is 3.22. The van der Waals surface area contributed by atoms with Gasteiger partial charge < -0.3 is 10.6 Å². The fourth-order valence-electron chi connectivity index (χ4n) is 3.57. The van der Waals surface area contributed by atoms with Gasteiger partial charge in [0.2, 0.25) is 5.91 Å². The van der Waals surface area contributed by atoms with Crippen LogP contribution in [-0.2, 0) is 11.2 Å². The molecule has 140 valence electrons. The van der Waals surface area contributed by atoms with E-state index in [1.807, 2.05) is 36.1 Å². The van der Waals surface area contributed by atoms with Gasteiger partial charge in [0.15, 0.2) is 0 Å². The highest BCUT2D eigenvalue weighted by molar-refractivity contribution is 5.85. The summed E-state index contributed by atoms with van der Waals surface area (Å²) in [7, 11) is 0. The molecule has 2 N–H and O–H groups in total. The molecule has 0 aliphatic carbocycles. The van der Waals surface area contributed by atoms with Crippen molar-refractivity contribution in [3.63, 3.8) is 0 Å². The first kappa shape index (κ1) is 20.4. The molecular formula is C21H26ClFN2O. The van der Waals surface area contributed by atoms with Gasteiger partial charge in [0.1, 0.15) is 5.82 Å². The van der Waals surface area contributed by atoms with Gasteiger partial charge in [-0.1, -0.05) is 49.4 Å². The summed E-state index contributed by atoms with van der Waals surface area (Å²) in [5.41, 5.74) is 8.41. The molecule has 0 bridgehead atoms. The number of benzene rings is 2. The number of rotatable bonds is 5. The molecule has 3 atom stereocenters. The Morgan fingerprint density at radius 3 is 2.62 bits per heavy atom. The molecule has 0 saturated carbocycles. The molecule has 1 aliphatic heterocycles. The largest absolute Gasteiger partial charge is 0.340 e. The van der Waals surface area contributed by atoms with E-state index in [0.29, 0.717) is 25.9 Å². The number of aryl methyl sites for hydroxylation is 1. The van der Waals surface area contributed by atoms with Gasteiger partial charge in [-0.3, -0.25) is 4.79 Å². The van der Waals surface area contributed by atoms with Crippen LogP contribution in [0.5, 0.6) is 0 Å². The Hall–Kier alpha value is -1.91. The maximum Gasteiger partial charge on any atom is 0.225 e. The Morgan fingerprint density at radius 2 is 1.92 bits per heavy atom. The Morgan fingerprint density at radius 1 is 1.19 bits per heavy atom. The highest BCUT2D eigenvalue weighted by atomic mass is 35.5. The molecule has 3 nitrogen and oxygen atoms in total. The van der Waals surface area contributed by atoms with E-state index in [9.17, 15) is 9.18 Å². The zero-order chi connectivity index (χ0) is 17.8. The highest BCUT2D eigenvalue weighted by Gasteiger charge is 2.35. The van der Waals surface area contributed by atoms with E-state index in [0.717, 1.165) is 5.56 Å². The first-order valence-corrected chi connectivity index (χ1v) is 8.88. The highest BCUT2D eigenvalue weighted by Crippen LogP contribution is 2.28. The molecule has 26 heavy (non-hydrogen) atoms. The van der Waals surface area contributed by atoms with E-state index >= 15 is 0 Å². The summed E-state index contributed by atoms with van der Waals surface area (Å²) in [5.74, 6) is 0.0172. The summed E-state index contributed by atoms with van der Waals surface area (Å²) < 4.78 is 13.3. The van der Waals surface area contributed by atoms with E-state index in [1.165, 1.54) is 17.7 Å². The third-order valence-electron chi connectivity index (χ3n) is 5.08. The zero-order valence-electron chi connectivity index (χ0n) is 15.0. The second-order valence-corrected chi connectivity index (χ2v) is 6.99. The van der Waals surface area contributed by atoms with Crippen molar-refractivity contribution in [2.45, 2.75) is 31.7 Å². The van der Waals surface area contributed by atoms with E-state index in [1.54, 1.807) is 6.07 Å². The number of hydrogen-bond acceptors (Lipinski definition) is 2. The van der Waals surface area contributed by atoms with Crippen LogP contribution in [0.3, 0.4) is 0 Å². The Bertz CT molecular complexity index is 725. The number of amides is 1. The van der Waals surface area contributed by atoms with Crippen LogP contribution in [0.25, 0.3) is 0 Å². The van der Waals surface area contributed by atoms with Gasteiger partial charge >= 0.3 is 0 Å². The molecule has 1 saturated heterocycles. The van der Waals surface area contributed by atoms with Crippen LogP contribution >= 0.6 is 12.4 Å². The maximum atomic E-state index is 13.3. The molecule has 1 amide bonds. The second kappa shape index (κ2) is 9.15. The molecular weight excluding hydrogens is 351 g/mol. The second-order valence-electron chi connectivity index (χ2n) is 6.99. The molecule has 1 heterocycles. The summed E-state index contributed by atoms with van der Waals surface area (Å²) in [4.78, 5) is 14.6. The first-order valence-electron chi connectivity index (χ1n) is 8.88. The average molecular weight is 377 g/mol. The number of carbonyl (C=O) groups excluding carboxylic acids is 1. The topological polar surface area (TPSA) is 46.3 Å². The Labute approximate surface area is 160 Å². The predicted octanol–water partition coefficient (Wildman–Crippen LogP) is 3.77. The van der Waals surface area contributed by atoms with Gasteiger partial charge in [-0.15, -0.1) is 12.4 Å². The van der Waals surface area contributed by atoms with Crippen molar-refractivity contribution in [3.05, 3.63) is 71.5 Å². The van der Waals surface area contributed by atoms with Crippen LogP contribution in [0, 0.1) is 11.7 Å². The van der Waals surface area contributed by atoms with Crippen molar-refractivity contribution in [1.82, 2.24) is 4.90 Å². The minimum absolute atomic E-state index is 0. The molecule has 0 aromatic heterocycles. The van der Waals surface area contributed by atoms with E-state index < -0.39 is 0 Å². The molecule has 2 aromatic rings. The number of halogens is 2. The third kappa shape index (κ3) is 4.83. The summed E-state index contributed by atoms with van der Waals surface area (Å²) in [6, 6.07) is 16.7. The van der Waals surface area contributed by atoms with Crippen LogP contribution in [0.1, 0.15) is 30.4 Å². The average Bonchev–Trinajstić information content (AvgIpc) is 3.01. The Kier molecular flexibility index (Phi) is 7.18. The molecule has 2 aromatic carbocycles. The molecule has 0 radical (unpaired) electrons. The monoisotopic (exact) mass is 376 g/mol.